The highest BCUT2D eigenvalue weighted by atomic mass is 32.2. The fourth-order valence-corrected chi connectivity index (χ4v) is 3.68. The minimum Gasteiger partial charge on any atom is -0.325 e. The van der Waals surface area contributed by atoms with Crippen molar-refractivity contribution in [1.29, 1.82) is 0 Å². The maximum Gasteiger partial charge on any atom is 0.257 e. The molecule has 32 heavy (non-hydrogen) atoms. The number of rotatable bonds is 7. The van der Waals surface area contributed by atoms with Gasteiger partial charge < -0.3 is 10.6 Å². The zero-order chi connectivity index (χ0) is 22.3. The van der Waals surface area contributed by atoms with Gasteiger partial charge in [-0.05, 0) is 36.4 Å². The van der Waals surface area contributed by atoms with Crippen LogP contribution in [0.4, 0.5) is 15.8 Å². The number of anilines is 2. The summed E-state index contributed by atoms with van der Waals surface area (Å²) in [6.07, 6.45) is 1.39. The summed E-state index contributed by atoms with van der Waals surface area (Å²) in [5.74, 6) is -1.09. The summed E-state index contributed by atoms with van der Waals surface area (Å²) in [6.45, 7) is 0. The van der Waals surface area contributed by atoms with Gasteiger partial charge in [0.15, 0.2) is 5.16 Å². The van der Waals surface area contributed by atoms with E-state index in [0.29, 0.717) is 27.8 Å². The summed E-state index contributed by atoms with van der Waals surface area (Å²) in [4.78, 5) is 25.2. The van der Waals surface area contributed by atoms with Crippen LogP contribution >= 0.6 is 11.8 Å². The number of para-hydroxylation sites is 3. The fraction of sp³-hybridized carbons (Fsp3) is 0.0435. The summed E-state index contributed by atoms with van der Waals surface area (Å²) in [6, 6.07) is 22.0. The highest BCUT2D eigenvalue weighted by molar-refractivity contribution is 7.99. The summed E-state index contributed by atoms with van der Waals surface area (Å²) in [5, 5.41) is 13.7. The number of nitrogens with one attached hydrogen (secondary N) is 2. The van der Waals surface area contributed by atoms with Crippen molar-refractivity contribution in [1.82, 2.24) is 14.8 Å². The molecule has 0 spiro atoms. The molecular weight excluding hydrogens is 429 g/mol. The Labute approximate surface area is 187 Å². The fourth-order valence-electron chi connectivity index (χ4n) is 2.96. The lowest BCUT2D eigenvalue weighted by Gasteiger charge is -2.11. The molecule has 0 radical (unpaired) electrons. The molecule has 3 aromatic carbocycles. The average molecular weight is 447 g/mol. The van der Waals surface area contributed by atoms with Gasteiger partial charge in [-0.2, -0.15) is 0 Å². The normalized spacial score (nSPS) is 10.5. The van der Waals surface area contributed by atoms with E-state index in [1.807, 2.05) is 18.2 Å². The van der Waals surface area contributed by atoms with Gasteiger partial charge in [0.05, 0.1) is 22.7 Å². The van der Waals surface area contributed by atoms with Crippen LogP contribution in [0.25, 0.3) is 5.69 Å². The first-order valence-electron chi connectivity index (χ1n) is 9.65. The molecule has 0 unspecified atom stereocenters. The highest BCUT2D eigenvalue weighted by Crippen LogP contribution is 2.22. The summed E-state index contributed by atoms with van der Waals surface area (Å²) >= 11 is 1.11. The van der Waals surface area contributed by atoms with Crippen LogP contribution in [0.5, 0.6) is 0 Å². The third-order valence-corrected chi connectivity index (χ3v) is 5.38. The molecule has 9 heteroatoms. The maximum absolute atomic E-state index is 14.1. The first-order valence-corrected chi connectivity index (χ1v) is 10.6. The lowest BCUT2D eigenvalue weighted by molar-refractivity contribution is -0.113. The van der Waals surface area contributed by atoms with Crippen LogP contribution in [-0.4, -0.2) is 32.3 Å². The SMILES string of the molecule is O=C(CSc1nncn1-c1ccccc1F)Nc1ccccc1C(=O)Nc1ccccc1. The molecule has 160 valence electrons. The van der Waals surface area contributed by atoms with Gasteiger partial charge in [0, 0.05) is 5.69 Å². The summed E-state index contributed by atoms with van der Waals surface area (Å²) in [5.41, 5.74) is 1.68. The summed E-state index contributed by atoms with van der Waals surface area (Å²) < 4.78 is 15.6. The van der Waals surface area contributed by atoms with Crippen molar-refractivity contribution in [3.8, 4) is 5.69 Å². The van der Waals surface area contributed by atoms with E-state index in [-0.39, 0.29) is 17.6 Å². The summed E-state index contributed by atoms with van der Waals surface area (Å²) in [7, 11) is 0. The van der Waals surface area contributed by atoms with E-state index in [0.717, 1.165) is 11.8 Å². The van der Waals surface area contributed by atoms with Gasteiger partial charge in [-0.3, -0.25) is 14.2 Å². The Morgan fingerprint density at radius 2 is 1.62 bits per heavy atom. The second-order valence-electron chi connectivity index (χ2n) is 6.64. The van der Waals surface area contributed by atoms with Crippen LogP contribution in [0, 0.1) is 5.82 Å². The predicted octanol–water partition coefficient (Wildman–Crippen LogP) is 4.39. The lowest BCUT2D eigenvalue weighted by atomic mass is 10.1. The third-order valence-electron chi connectivity index (χ3n) is 4.44. The van der Waals surface area contributed by atoms with E-state index in [1.165, 1.54) is 17.0 Å². The third kappa shape index (κ3) is 5.01. The van der Waals surface area contributed by atoms with Gasteiger partial charge in [-0.1, -0.05) is 54.2 Å². The molecule has 4 rings (SSSR count). The number of aromatic nitrogens is 3. The van der Waals surface area contributed by atoms with Crippen LogP contribution in [0.3, 0.4) is 0 Å². The first-order chi connectivity index (χ1) is 15.6. The number of halogens is 1. The lowest BCUT2D eigenvalue weighted by Crippen LogP contribution is -2.19. The van der Waals surface area contributed by atoms with Gasteiger partial charge in [0.25, 0.3) is 5.91 Å². The van der Waals surface area contributed by atoms with Crippen molar-refractivity contribution in [2.24, 2.45) is 0 Å². The molecular formula is C23H18FN5O2S. The van der Waals surface area contributed by atoms with E-state index < -0.39 is 5.82 Å². The number of carbonyl (C=O) groups excluding carboxylic acids is 2. The van der Waals surface area contributed by atoms with Crippen LogP contribution in [0.15, 0.2) is 90.3 Å². The molecule has 1 aromatic heterocycles. The zero-order valence-electron chi connectivity index (χ0n) is 16.7. The quantitative estimate of drug-likeness (QED) is 0.410. The minimum atomic E-state index is -0.419. The Morgan fingerprint density at radius 3 is 2.44 bits per heavy atom. The molecule has 0 atom stereocenters. The Morgan fingerprint density at radius 1 is 0.906 bits per heavy atom. The van der Waals surface area contributed by atoms with Gasteiger partial charge in [-0.15, -0.1) is 10.2 Å². The van der Waals surface area contributed by atoms with Crippen molar-refractivity contribution in [2.45, 2.75) is 5.16 Å². The van der Waals surface area contributed by atoms with Crippen molar-refractivity contribution >= 4 is 35.0 Å². The number of benzene rings is 3. The molecule has 7 nitrogen and oxygen atoms in total. The molecule has 0 saturated carbocycles. The molecule has 0 aliphatic carbocycles. The average Bonchev–Trinajstić information content (AvgIpc) is 3.27. The second-order valence-corrected chi connectivity index (χ2v) is 7.58. The molecule has 0 aliphatic rings. The van der Waals surface area contributed by atoms with Crippen molar-refractivity contribution in [3.05, 3.63) is 96.6 Å². The van der Waals surface area contributed by atoms with E-state index in [9.17, 15) is 14.0 Å². The first kappa shape index (κ1) is 21.3. The minimum absolute atomic E-state index is 0.00177. The number of nitrogens with zero attached hydrogens (tertiary/aromatic N) is 3. The molecule has 2 amide bonds. The standard InChI is InChI=1S/C23H18FN5O2S/c24-18-11-5-7-13-20(18)29-15-25-28-23(29)32-14-21(30)27-19-12-6-4-10-17(19)22(31)26-16-8-2-1-3-9-16/h1-13,15H,14H2,(H,26,31)(H,27,30). The topological polar surface area (TPSA) is 88.9 Å². The molecule has 0 bridgehead atoms. The Bertz CT molecular complexity index is 1250. The van der Waals surface area contributed by atoms with Gasteiger partial charge in [0.2, 0.25) is 5.91 Å². The number of carbonyl (C=O) groups is 2. The molecule has 0 saturated heterocycles. The van der Waals surface area contributed by atoms with Crippen LogP contribution in [0.1, 0.15) is 10.4 Å². The molecule has 1 heterocycles. The highest BCUT2D eigenvalue weighted by Gasteiger charge is 2.16. The zero-order valence-corrected chi connectivity index (χ0v) is 17.6. The number of thioether (sulfide) groups is 1. The van der Waals surface area contributed by atoms with E-state index in [4.69, 9.17) is 0 Å². The Balaban J connectivity index is 1.42. The van der Waals surface area contributed by atoms with E-state index in [1.54, 1.807) is 54.6 Å². The van der Waals surface area contributed by atoms with Gasteiger partial charge in [0.1, 0.15) is 12.1 Å². The van der Waals surface area contributed by atoms with Crippen molar-refractivity contribution in [3.63, 3.8) is 0 Å². The number of hydrogen-bond donors (Lipinski definition) is 2. The van der Waals surface area contributed by atoms with E-state index >= 15 is 0 Å². The number of amides is 2. The number of hydrogen-bond acceptors (Lipinski definition) is 5. The Kier molecular flexibility index (Phi) is 6.57. The van der Waals surface area contributed by atoms with E-state index in [2.05, 4.69) is 20.8 Å². The molecule has 0 aliphatic heterocycles. The molecule has 4 aromatic rings. The molecule has 2 N–H and O–H groups in total. The monoisotopic (exact) mass is 447 g/mol. The van der Waals surface area contributed by atoms with Crippen LogP contribution in [-0.2, 0) is 4.79 Å². The van der Waals surface area contributed by atoms with Gasteiger partial charge >= 0.3 is 0 Å². The van der Waals surface area contributed by atoms with Crippen molar-refractivity contribution in [2.75, 3.05) is 16.4 Å². The maximum atomic E-state index is 14.1. The van der Waals surface area contributed by atoms with Crippen molar-refractivity contribution < 1.29 is 14.0 Å². The van der Waals surface area contributed by atoms with Crippen LogP contribution < -0.4 is 10.6 Å². The largest absolute Gasteiger partial charge is 0.325 e. The second kappa shape index (κ2) is 9.88. The van der Waals surface area contributed by atoms with Gasteiger partial charge in [-0.25, -0.2) is 4.39 Å². The van der Waals surface area contributed by atoms with Crippen LogP contribution in [0.2, 0.25) is 0 Å². The Hall–Kier alpha value is -3.98. The smallest absolute Gasteiger partial charge is 0.257 e. The molecule has 0 fully saturated rings. The predicted molar refractivity (Wildman–Crippen MR) is 122 cm³/mol.